The van der Waals surface area contributed by atoms with Crippen molar-refractivity contribution in [1.82, 2.24) is 0 Å². The number of aryl methyl sites for hydroxylation is 1. The van der Waals surface area contributed by atoms with Crippen molar-refractivity contribution in [2.24, 2.45) is 0 Å². The van der Waals surface area contributed by atoms with Crippen molar-refractivity contribution in [2.45, 2.75) is 20.1 Å². The van der Waals surface area contributed by atoms with E-state index in [0.717, 1.165) is 15.7 Å². The summed E-state index contributed by atoms with van der Waals surface area (Å²) in [6.45, 7) is 4.28. The maximum Gasteiger partial charge on any atom is 0.232 e. The first kappa shape index (κ1) is 16.7. The molecule has 1 aliphatic rings. The number of benzene rings is 2. The second-order valence-electron chi connectivity index (χ2n) is 5.48. The van der Waals surface area contributed by atoms with Crippen LogP contribution in [0.15, 0.2) is 58.7 Å². The van der Waals surface area contributed by atoms with Crippen LogP contribution in [0.1, 0.15) is 22.8 Å². The van der Waals surface area contributed by atoms with Crippen molar-refractivity contribution in [1.29, 1.82) is 0 Å². The number of Topliss-reactive ketones (excluding diaryl/α,β-unsaturated/α-hetero) is 1. The van der Waals surface area contributed by atoms with Crippen LogP contribution in [0.3, 0.4) is 0 Å². The molecule has 2 aromatic carbocycles. The molecule has 1 aliphatic heterocycles. The number of hydrogen-bond donors (Lipinski definition) is 1. The summed E-state index contributed by atoms with van der Waals surface area (Å²) in [4.78, 5) is 12.9. The van der Waals surface area contributed by atoms with Crippen molar-refractivity contribution in [3.05, 3.63) is 69.8 Å². The fourth-order valence-corrected chi connectivity index (χ4v) is 2.75. The average molecular weight is 388 g/mol. The zero-order chi connectivity index (χ0) is 17.1. The van der Waals surface area contributed by atoms with Crippen molar-refractivity contribution >= 4 is 27.4 Å². The van der Waals surface area contributed by atoms with E-state index in [0.29, 0.717) is 23.5 Å². The molecule has 5 heteroatoms. The first-order valence-electron chi connectivity index (χ1n) is 7.74. The number of carbonyl (C=O) groups excluding carboxylic acids is 1. The highest BCUT2D eigenvalue weighted by atomic mass is 79.9. The molecule has 3 rings (SSSR count). The molecular formula is C19H18BrNO3. The summed E-state index contributed by atoms with van der Waals surface area (Å²) < 4.78 is 12.5. The lowest BCUT2D eigenvalue weighted by atomic mass is 9.98. The summed E-state index contributed by atoms with van der Waals surface area (Å²) in [6, 6.07) is 13.3. The summed E-state index contributed by atoms with van der Waals surface area (Å²) in [7, 11) is 0. The zero-order valence-corrected chi connectivity index (χ0v) is 15.1. The van der Waals surface area contributed by atoms with Gasteiger partial charge in [0.05, 0.1) is 11.1 Å². The third-order valence-corrected chi connectivity index (χ3v) is 4.22. The van der Waals surface area contributed by atoms with Crippen LogP contribution in [0, 0.1) is 6.92 Å². The van der Waals surface area contributed by atoms with Crippen LogP contribution >= 0.6 is 15.9 Å². The second kappa shape index (κ2) is 7.20. The fourth-order valence-electron chi connectivity index (χ4n) is 2.48. The van der Waals surface area contributed by atoms with Crippen LogP contribution in [0.4, 0.5) is 5.69 Å². The lowest BCUT2D eigenvalue weighted by molar-refractivity contribution is -0.0509. The van der Waals surface area contributed by atoms with Crippen molar-refractivity contribution in [2.75, 3.05) is 11.9 Å². The lowest BCUT2D eigenvalue weighted by Crippen LogP contribution is -2.33. The Hall–Kier alpha value is -2.11. The molecule has 2 aromatic rings. The van der Waals surface area contributed by atoms with E-state index in [1.54, 1.807) is 6.20 Å². The Morgan fingerprint density at radius 3 is 2.71 bits per heavy atom. The van der Waals surface area contributed by atoms with Gasteiger partial charge in [0.25, 0.3) is 0 Å². The first-order valence-corrected chi connectivity index (χ1v) is 8.53. The molecule has 0 aromatic heterocycles. The van der Waals surface area contributed by atoms with E-state index < -0.39 is 6.29 Å². The van der Waals surface area contributed by atoms with Gasteiger partial charge in [0.2, 0.25) is 6.29 Å². The Morgan fingerprint density at radius 2 is 2.00 bits per heavy atom. The molecule has 0 aliphatic carbocycles. The van der Waals surface area contributed by atoms with Gasteiger partial charge in [0.15, 0.2) is 5.78 Å². The largest absolute Gasteiger partial charge is 0.460 e. The highest BCUT2D eigenvalue weighted by Crippen LogP contribution is 2.32. The van der Waals surface area contributed by atoms with Crippen LogP contribution in [0.2, 0.25) is 0 Å². The molecule has 0 fully saturated rings. The molecule has 0 amide bonds. The zero-order valence-electron chi connectivity index (χ0n) is 13.5. The summed E-state index contributed by atoms with van der Waals surface area (Å²) in [5.74, 6) is 0.479. The molecule has 0 saturated heterocycles. The van der Waals surface area contributed by atoms with Crippen molar-refractivity contribution < 1.29 is 14.3 Å². The Labute approximate surface area is 149 Å². The number of anilines is 1. The second-order valence-corrected chi connectivity index (χ2v) is 6.40. The SMILES string of the molecule is CCO[C@@H]1Oc2ccc(C)cc2C(=O)/C1=C/Nc1ccc(Br)cc1. The lowest BCUT2D eigenvalue weighted by Gasteiger charge is -2.27. The molecular weight excluding hydrogens is 370 g/mol. The first-order chi connectivity index (χ1) is 11.6. The molecule has 1 atom stereocenters. The molecule has 124 valence electrons. The van der Waals surface area contributed by atoms with Crippen molar-refractivity contribution in [3.8, 4) is 5.75 Å². The third-order valence-electron chi connectivity index (χ3n) is 3.69. The molecule has 24 heavy (non-hydrogen) atoms. The number of rotatable bonds is 4. The quantitative estimate of drug-likeness (QED) is 0.772. The number of ketones is 1. The van der Waals surface area contributed by atoms with Gasteiger partial charge in [0.1, 0.15) is 5.75 Å². The van der Waals surface area contributed by atoms with E-state index in [2.05, 4.69) is 21.2 Å². The summed E-state index contributed by atoms with van der Waals surface area (Å²) in [5.41, 5.74) is 2.91. The highest BCUT2D eigenvalue weighted by molar-refractivity contribution is 9.10. The number of halogens is 1. The van der Waals surface area contributed by atoms with E-state index in [1.165, 1.54) is 0 Å². The Balaban J connectivity index is 1.92. The van der Waals surface area contributed by atoms with E-state index in [1.807, 2.05) is 56.3 Å². The Kier molecular flexibility index (Phi) is 5.02. The van der Waals surface area contributed by atoms with Gasteiger partial charge in [0, 0.05) is 23.0 Å². The van der Waals surface area contributed by atoms with Gasteiger partial charge >= 0.3 is 0 Å². The molecule has 0 spiro atoms. The minimum atomic E-state index is -0.708. The van der Waals surface area contributed by atoms with E-state index in [9.17, 15) is 4.79 Å². The normalized spacial score (nSPS) is 18.2. The number of nitrogens with one attached hydrogen (secondary N) is 1. The summed E-state index contributed by atoms with van der Waals surface area (Å²) in [6.07, 6.45) is 0.956. The number of carbonyl (C=O) groups is 1. The maximum absolute atomic E-state index is 12.9. The smallest absolute Gasteiger partial charge is 0.232 e. The van der Waals surface area contributed by atoms with Gasteiger partial charge in [-0.25, -0.2) is 0 Å². The highest BCUT2D eigenvalue weighted by Gasteiger charge is 2.32. The van der Waals surface area contributed by atoms with Gasteiger partial charge in [-0.1, -0.05) is 27.6 Å². The van der Waals surface area contributed by atoms with Gasteiger partial charge in [-0.3, -0.25) is 4.79 Å². The van der Waals surface area contributed by atoms with Gasteiger partial charge in [-0.2, -0.15) is 0 Å². The van der Waals surface area contributed by atoms with Crippen LogP contribution in [0.25, 0.3) is 0 Å². The maximum atomic E-state index is 12.9. The minimum Gasteiger partial charge on any atom is -0.460 e. The van der Waals surface area contributed by atoms with Gasteiger partial charge < -0.3 is 14.8 Å². The molecule has 0 unspecified atom stereocenters. The van der Waals surface area contributed by atoms with Crippen LogP contribution in [0.5, 0.6) is 5.75 Å². The Bertz CT molecular complexity index is 784. The number of fused-ring (bicyclic) bond motifs is 1. The molecule has 0 saturated carbocycles. The monoisotopic (exact) mass is 387 g/mol. The van der Waals surface area contributed by atoms with Crippen LogP contribution in [-0.2, 0) is 4.74 Å². The predicted molar refractivity (Wildman–Crippen MR) is 97.4 cm³/mol. The van der Waals surface area contributed by atoms with E-state index in [4.69, 9.17) is 9.47 Å². The fraction of sp³-hybridized carbons (Fsp3) is 0.211. The Morgan fingerprint density at radius 1 is 1.25 bits per heavy atom. The molecule has 4 nitrogen and oxygen atoms in total. The minimum absolute atomic E-state index is 0.0805. The number of ether oxygens (including phenoxy) is 2. The summed E-state index contributed by atoms with van der Waals surface area (Å²) >= 11 is 3.40. The molecule has 0 radical (unpaired) electrons. The molecule has 1 N–H and O–H groups in total. The van der Waals surface area contributed by atoms with E-state index >= 15 is 0 Å². The van der Waals surface area contributed by atoms with Crippen LogP contribution in [-0.4, -0.2) is 18.7 Å². The van der Waals surface area contributed by atoms with Gasteiger partial charge in [-0.15, -0.1) is 0 Å². The molecule has 0 bridgehead atoms. The third kappa shape index (κ3) is 3.52. The average Bonchev–Trinajstić information content (AvgIpc) is 2.57. The summed E-state index contributed by atoms with van der Waals surface area (Å²) in [5, 5.41) is 3.14. The topological polar surface area (TPSA) is 47.6 Å². The van der Waals surface area contributed by atoms with Crippen LogP contribution < -0.4 is 10.1 Å². The van der Waals surface area contributed by atoms with E-state index in [-0.39, 0.29) is 5.78 Å². The standard InChI is InChI=1S/C19H18BrNO3/c1-3-23-19-16(11-21-14-7-5-13(20)6-8-14)18(22)15-10-12(2)4-9-17(15)24-19/h4-11,19,21H,3H2,1-2H3/b16-11-/t19-/m1/s1. The van der Waals surface area contributed by atoms with Crippen molar-refractivity contribution in [3.63, 3.8) is 0 Å². The predicted octanol–water partition coefficient (Wildman–Crippen LogP) is 4.69. The van der Waals surface area contributed by atoms with Gasteiger partial charge in [-0.05, 0) is 50.2 Å². The number of hydrogen-bond acceptors (Lipinski definition) is 4. The molecule has 1 heterocycles.